The Morgan fingerprint density at radius 3 is 2.65 bits per heavy atom. The van der Waals surface area contributed by atoms with Gasteiger partial charge in [-0.2, -0.15) is 0 Å². The van der Waals surface area contributed by atoms with E-state index >= 15 is 0 Å². The van der Waals surface area contributed by atoms with Gasteiger partial charge in [-0.05, 0) is 35.8 Å². The van der Waals surface area contributed by atoms with Crippen molar-refractivity contribution in [3.63, 3.8) is 0 Å². The van der Waals surface area contributed by atoms with Crippen LogP contribution in [0, 0.1) is 0 Å². The first-order valence-electron chi connectivity index (χ1n) is 5.78. The zero-order valence-corrected chi connectivity index (χ0v) is 13.1. The van der Waals surface area contributed by atoms with Crippen LogP contribution in [0.4, 0.5) is 0 Å². The second-order valence-corrected chi connectivity index (χ2v) is 6.10. The predicted octanol–water partition coefficient (Wildman–Crippen LogP) is 2.87. The molecule has 1 atom stereocenters. The topological polar surface area (TPSA) is 38.5 Å². The first-order chi connectivity index (χ1) is 8.10. The molecule has 0 aliphatic carbocycles. The molecule has 0 aliphatic rings. The molecule has 1 aromatic rings. The average Bonchev–Trinajstić information content (AvgIpc) is 2.70. The van der Waals surface area contributed by atoms with Crippen molar-refractivity contribution >= 4 is 27.3 Å². The highest BCUT2D eigenvalue weighted by atomic mass is 79.9. The monoisotopic (exact) mass is 320 g/mol. The van der Waals surface area contributed by atoms with Gasteiger partial charge in [0.1, 0.15) is 0 Å². The molecule has 0 aromatic carbocycles. The van der Waals surface area contributed by atoms with Gasteiger partial charge >= 0.3 is 0 Å². The third-order valence-electron chi connectivity index (χ3n) is 2.76. The first-order valence-corrected chi connectivity index (χ1v) is 7.46. The van der Waals surface area contributed by atoms with E-state index in [2.05, 4.69) is 46.1 Å². The normalized spacial score (nSPS) is 13.6. The minimum atomic E-state index is 0.279. The van der Waals surface area contributed by atoms with Crippen molar-refractivity contribution in [3.05, 3.63) is 20.8 Å². The Bertz CT molecular complexity index is 330. The fourth-order valence-corrected chi connectivity index (χ4v) is 3.47. The van der Waals surface area contributed by atoms with Crippen LogP contribution in [-0.2, 0) is 4.74 Å². The summed E-state index contributed by atoms with van der Waals surface area (Å²) in [5, 5.41) is 2.10. The highest BCUT2D eigenvalue weighted by molar-refractivity contribution is 9.10. The molecule has 0 amide bonds. The van der Waals surface area contributed by atoms with Crippen LogP contribution in [0.15, 0.2) is 15.9 Å². The molecule has 1 rings (SSSR count). The average molecular weight is 321 g/mol. The predicted molar refractivity (Wildman–Crippen MR) is 77.5 cm³/mol. The number of thiophene rings is 1. The molecule has 1 heterocycles. The van der Waals surface area contributed by atoms with Crippen molar-refractivity contribution in [2.24, 2.45) is 5.73 Å². The zero-order chi connectivity index (χ0) is 12.8. The third-order valence-corrected chi connectivity index (χ3v) is 4.55. The quantitative estimate of drug-likeness (QED) is 0.839. The van der Waals surface area contributed by atoms with E-state index < -0.39 is 0 Å². The van der Waals surface area contributed by atoms with Gasteiger partial charge in [-0.15, -0.1) is 11.3 Å². The Morgan fingerprint density at radius 2 is 2.24 bits per heavy atom. The number of hydrogen-bond donors (Lipinski definition) is 1. The lowest BCUT2D eigenvalue weighted by Crippen LogP contribution is -2.40. The molecule has 17 heavy (non-hydrogen) atoms. The maximum atomic E-state index is 5.93. The lowest BCUT2D eigenvalue weighted by molar-refractivity contribution is 0.0992. The number of rotatable bonds is 7. The number of methoxy groups -OCH3 is 1. The molecule has 0 saturated heterocycles. The number of nitrogens with two attached hydrogens (primary N) is 1. The molecule has 3 nitrogen and oxygen atoms in total. The van der Waals surface area contributed by atoms with Crippen molar-refractivity contribution in [2.45, 2.75) is 25.9 Å². The molecule has 0 saturated carbocycles. The summed E-state index contributed by atoms with van der Waals surface area (Å²) in [5.41, 5.74) is 5.93. The van der Waals surface area contributed by atoms with E-state index in [1.54, 1.807) is 18.4 Å². The van der Waals surface area contributed by atoms with E-state index in [0.717, 1.165) is 17.6 Å². The van der Waals surface area contributed by atoms with Crippen LogP contribution in [0.25, 0.3) is 0 Å². The Balaban J connectivity index is 2.81. The van der Waals surface area contributed by atoms with Gasteiger partial charge in [0.25, 0.3) is 0 Å². The van der Waals surface area contributed by atoms with Crippen LogP contribution < -0.4 is 5.73 Å². The maximum Gasteiger partial charge on any atom is 0.0590 e. The summed E-state index contributed by atoms with van der Waals surface area (Å²) in [5.74, 6) is 0. The summed E-state index contributed by atoms with van der Waals surface area (Å²) < 4.78 is 6.30. The van der Waals surface area contributed by atoms with Crippen molar-refractivity contribution < 1.29 is 4.74 Å². The molecular weight excluding hydrogens is 300 g/mol. The summed E-state index contributed by atoms with van der Waals surface area (Å²) in [6.45, 7) is 6.67. The van der Waals surface area contributed by atoms with Gasteiger partial charge in [-0.25, -0.2) is 0 Å². The van der Waals surface area contributed by atoms with Gasteiger partial charge in [-0.3, -0.25) is 4.90 Å². The number of halogens is 1. The lowest BCUT2D eigenvalue weighted by Gasteiger charge is -2.33. The zero-order valence-electron chi connectivity index (χ0n) is 10.6. The van der Waals surface area contributed by atoms with Crippen molar-refractivity contribution in [1.29, 1.82) is 0 Å². The van der Waals surface area contributed by atoms with Gasteiger partial charge in [0, 0.05) is 41.0 Å². The largest absolute Gasteiger partial charge is 0.383 e. The van der Waals surface area contributed by atoms with Gasteiger partial charge in [-0.1, -0.05) is 0 Å². The van der Waals surface area contributed by atoms with Crippen molar-refractivity contribution in [2.75, 3.05) is 26.8 Å². The summed E-state index contributed by atoms with van der Waals surface area (Å²) in [4.78, 5) is 3.70. The standard InChI is InChI=1S/C12H21BrN2OS/c1-9(2)15(4-5-16-3)11(7-14)12-6-10(13)8-17-12/h6,8-9,11H,4-5,7,14H2,1-3H3. The van der Waals surface area contributed by atoms with Crippen LogP contribution in [0.1, 0.15) is 24.8 Å². The molecule has 98 valence electrons. The molecule has 0 bridgehead atoms. The van der Waals surface area contributed by atoms with Crippen LogP contribution in [0.5, 0.6) is 0 Å². The summed E-state index contributed by atoms with van der Waals surface area (Å²) in [6, 6.07) is 2.89. The lowest BCUT2D eigenvalue weighted by atomic mass is 10.1. The molecule has 0 aliphatic heterocycles. The van der Waals surface area contributed by atoms with Crippen molar-refractivity contribution in [1.82, 2.24) is 4.90 Å². The van der Waals surface area contributed by atoms with E-state index in [0.29, 0.717) is 12.6 Å². The molecule has 0 radical (unpaired) electrons. The van der Waals surface area contributed by atoms with Crippen LogP contribution in [-0.4, -0.2) is 37.7 Å². The van der Waals surface area contributed by atoms with E-state index in [-0.39, 0.29) is 6.04 Å². The van der Waals surface area contributed by atoms with Crippen LogP contribution in [0.2, 0.25) is 0 Å². The molecule has 0 spiro atoms. The second-order valence-electron chi connectivity index (χ2n) is 4.24. The summed E-state index contributed by atoms with van der Waals surface area (Å²) in [6.07, 6.45) is 0. The Hall–Kier alpha value is 0.0600. The van der Waals surface area contributed by atoms with E-state index in [1.165, 1.54) is 4.88 Å². The van der Waals surface area contributed by atoms with Crippen LogP contribution in [0.3, 0.4) is 0 Å². The molecular formula is C12H21BrN2OS. The Morgan fingerprint density at radius 1 is 1.53 bits per heavy atom. The number of nitrogens with zero attached hydrogens (tertiary/aromatic N) is 1. The number of hydrogen-bond acceptors (Lipinski definition) is 4. The van der Waals surface area contributed by atoms with Crippen LogP contribution >= 0.6 is 27.3 Å². The highest BCUT2D eigenvalue weighted by Gasteiger charge is 2.22. The summed E-state index contributed by atoms with van der Waals surface area (Å²) in [7, 11) is 1.73. The Kier molecular flexibility index (Phi) is 6.66. The molecule has 2 N–H and O–H groups in total. The second kappa shape index (κ2) is 7.48. The SMILES string of the molecule is COCCN(C(C)C)C(CN)c1cc(Br)cs1. The highest BCUT2D eigenvalue weighted by Crippen LogP contribution is 2.29. The van der Waals surface area contributed by atoms with Gasteiger partial charge in [0.2, 0.25) is 0 Å². The van der Waals surface area contributed by atoms with E-state index in [1.807, 2.05) is 0 Å². The smallest absolute Gasteiger partial charge is 0.0590 e. The first kappa shape index (κ1) is 15.1. The van der Waals surface area contributed by atoms with E-state index in [4.69, 9.17) is 10.5 Å². The van der Waals surface area contributed by atoms with E-state index in [9.17, 15) is 0 Å². The molecule has 5 heteroatoms. The molecule has 1 unspecified atom stereocenters. The Labute approximate surface area is 116 Å². The fourth-order valence-electron chi connectivity index (χ4n) is 1.89. The summed E-state index contributed by atoms with van der Waals surface area (Å²) >= 11 is 5.25. The minimum Gasteiger partial charge on any atom is -0.383 e. The number of ether oxygens (including phenoxy) is 1. The molecule has 0 fully saturated rings. The maximum absolute atomic E-state index is 5.93. The minimum absolute atomic E-state index is 0.279. The van der Waals surface area contributed by atoms with Gasteiger partial charge in [0.05, 0.1) is 12.6 Å². The third kappa shape index (κ3) is 4.34. The fraction of sp³-hybridized carbons (Fsp3) is 0.667. The van der Waals surface area contributed by atoms with Gasteiger partial charge in [0.15, 0.2) is 0 Å². The molecule has 1 aromatic heterocycles. The van der Waals surface area contributed by atoms with Gasteiger partial charge < -0.3 is 10.5 Å². The van der Waals surface area contributed by atoms with Crippen molar-refractivity contribution in [3.8, 4) is 0 Å².